The summed E-state index contributed by atoms with van der Waals surface area (Å²) in [6.07, 6.45) is -0.288. The number of urea groups is 1. The van der Waals surface area contributed by atoms with Crippen molar-refractivity contribution in [2.24, 2.45) is 11.8 Å². The van der Waals surface area contributed by atoms with Gasteiger partial charge in [0.15, 0.2) is 0 Å². The minimum absolute atomic E-state index is 0.0201. The van der Waals surface area contributed by atoms with Gasteiger partial charge in [-0.05, 0) is 26.2 Å². The van der Waals surface area contributed by atoms with Crippen LogP contribution in [0.15, 0.2) is 0 Å². The molecule has 1 saturated heterocycles. The van der Waals surface area contributed by atoms with Gasteiger partial charge in [-0.1, -0.05) is 13.8 Å². The summed E-state index contributed by atoms with van der Waals surface area (Å²) >= 11 is 0. The van der Waals surface area contributed by atoms with Crippen molar-refractivity contribution in [1.82, 2.24) is 9.80 Å². The maximum atomic E-state index is 13.7. The fourth-order valence-corrected chi connectivity index (χ4v) is 2.20. The third kappa shape index (κ3) is 3.33. The quantitative estimate of drug-likeness (QED) is 0.732. The Morgan fingerprint density at radius 1 is 1.35 bits per heavy atom. The van der Waals surface area contributed by atoms with Crippen LogP contribution in [0.4, 0.5) is 9.18 Å². The summed E-state index contributed by atoms with van der Waals surface area (Å²) in [7, 11) is 1.80. The number of hydrogen-bond acceptors (Lipinski definition) is 1. The fourth-order valence-electron chi connectivity index (χ4n) is 2.20. The third-order valence-electron chi connectivity index (χ3n) is 3.77. The molecule has 1 aliphatic rings. The van der Waals surface area contributed by atoms with E-state index in [0.717, 1.165) is 0 Å². The van der Waals surface area contributed by atoms with Gasteiger partial charge in [0.25, 0.3) is 0 Å². The van der Waals surface area contributed by atoms with Crippen molar-refractivity contribution in [3.63, 3.8) is 0 Å². The number of rotatable bonds is 2. The summed E-state index contributed by atoms with van der Waals surface area (Å²) in [5, 5.41) is 0. The molecule has 0 aromatic rings. The molecule has 17 heavy (non-hydrogen) atoms. The van der Waals surface area contributed by atoms with Gasteiger partial charge in [-0.25, -0.2) is 9.18 Å². The molecule has 1 fully saturated rings. The standard InChI is InChI=1S/C13H25FN2O/c1-9(2)11-8-16(7-6-12(11)14)13(17)15(5)10(3)4/h9-12H,6-8H2,1-5H3. The molecule has 2 unspecified atom stereocenters. The van der Waals surface area contributed by atoms with E-state index >= 15 is 0 Å². The average Bonchev–Trinajstić information content (AvgIpc) is 2.27. The van der Waals surface area contributed by atoms with E-state index in [0.29, 0.717) is 19.5 Å². The van der Waals surface area contributed by atoms with Crippen LogP contribution in [0.5, 0.6) is 0 Å². The van der Waals surface area contributed by atoms with Crippen LogP contribution in [0.2, 0.25) is 0 Å². The zero-order valence-corrected chi connectivity index (χ0v) is 11.6. The summed E-state index contributed by atoms with van der Waals surface area (Å²) in [5.41, 5.74) is 0. The number of amides is 2. The van der Waals surface area contributed by atoms with Crippen LogP contribution in [0, 0.1) is 11.8 Å². The fraction of sp³-hybridized carbons (Fsp3) is 0.923. The molecular formula is C13H25FN2O. The van der Waals surface area contributed by atoms with Crippen molar-refractivity contribution in [1.29, 1.82) is 0 Å². The van der Waals surface area contributed by atoms with Crippen molar-refractivity contribution in [2.45, 2.75) is 46.3 Å². The molecule has 1 aliphatic heterocycles. The maximum Gasteiger partial charge on any atom is 0.319 e. The van der Waals surface area contributed by atoms with Crippen molar-refractivity contribution < 1.29 is 9.18 Å². The molecule has 0 spiro atoms. The molecule has 0 saturated carbocycles. The molecule has 1 rings (SSSR count). The first-order chi connectivity index (χ1) is 7.84. The van der Waals surface area contributed by atoms with Gasteiger partial charge in [0.2, 0.25) is 0 Å². The number of carbonyl (C=O) groups is 1. The van der Waals surface area contributed by atoms with E-state index < -0.39 is 6.17 Å². The van der Waals surface area contributed by atoms with Crippen LogP contribution >= 0.6 is 0 Å². The average molecular weight is 244 g/mol. The predicted octanol–water partition coefficient (Wildman–Crippen LogP) is 2.76. The van der Waals surface area contributed by atoms with Crippen LogP contribution in [0.25, 0.3) is 0 Å². The van der Waals surface area contributed by atoms with E-state index in [2.05, 4.69) is 0 Å². The Balaban J connectivity index is 2.65. The Bertz CT molecular complexity index is 268. The number of nitrogens with zero attached hydrogens (tertiary/aromatic N) is 2. The number of hydrogen-bond donors (Lipinski definition) is 0. The minimum atomic E-state index is -0.761. The van der Waals surface area contributed by atoms with Crippen molar-refractivity contribution in [3.8, 4) is 0 Å². The zero-order chi connectivity index (χ0) is 13.2. The molecule has 0 N–H and O–H groups in total. The van der Waals surface area contributed by atoms with Gasteiger partial charge in [0.05, 0.1) is 0 Å². The number of likely N-dealkylation sites (tertiary alicyclic amines) is 1. The predicted molar refractivity (Wildman–Crippen MR) is 67.7 cm³/mol. The van der Waals surface area contributed by atoms with E-state index in [1.54, 1.807) is 16.8 Å². The van der Waals surface area contributed by atoms with Gasteiger partial charge in [-0.2, -0.15) is 0 Å². The van der Waals surface area contributed by atoms with E-state index in [4.69, 9.17) is 0 Å². The van der Waals surface area contributed by atoms with E-state index in [9.17, 15) is 9.18 Å². The lowest BCUT2D eigenvalue weighted by molar-refractivity contribution is 0.0641. The van der Waals surface area contributed by atoms with Crippen LogP contribution in [-0.2, 0) is 0 Å². The normalized spacial score (nSPS) is 25.5. The third-order valence-corrected chi connectivity index (χ3v) is 3.77. The van der Waals surface area contributed by atoms with Gasteiger partial charge in [0.1, 0.15) is 6.17 Å². The summed E-state index contributed by atoms with van der Waals surface area (Å²) in [6.45, 7) is 9.11. The van der Waals surface area contributed by atoms with Crippen molar-refractivity contribution in [2.75, 3.05) is 20.1 Å². The highest BCUT2D eigenvalue weighted by Gasteiger charge is 2.34. The number of alkyl halides is 1. The van der Waals surface area contributed by atoms with Crippen LogP contribution in [0.3, 0.4) is 0 Å². The number of piperidine rings is 1. The van der Waals surface area contributed by atoms with Crippen molar-refractivity contribution >= 4 is 6.03 Å². The van der Waals surface area contributed by atoms with Crippen LogP contribution < -0.4 is 0 Å². The first-order valence-electron chi connectivity index (χ1n) is 6.50. The Hall–Kier alpha value is -0.800. The Morgan fingerprint density at radius 3 is 2.41 bits per heavy atom. The Morgan fingerprint density at radius 2 is 1.94 bits per heavy atom. The van der Waals surface area contributed by atoms with E-state index in [1.807, 2.05) is 27.7 Å². The Labute approximate surface area is 104 Å². The van der Waals surface area contributed by atoms with Gasteiger partial charge < -0.3 is 9.80 Å². The number of halogens is 1. The first kappa shape index (κ1) is 14.3. The molecule has 1 heterocycles. The molecular weight excluding hydrogens is 219 g/mol. The second-order valence-corrected chi connectivity index (χ2v) is 5.65. The number of carbonyl (C=O) groups excluding carboxylic acids is 1. The summed E-state index contributed by atoms with van der Waals surface area (Å²) in [4.78, 5) is 15.7. The molecule has 0 aromatic heterocycles. The highest BCUT2D eigenvalue weighted by atomic mass is 19.1. The highest BCUT2D eigenvalue weighted by molar-refractivity contribution is 5.74. The lowest BCUT2D eigenvalue weighted by atomic mass is 9.86. The molecule has 3 nitrogen and oxygen atoms in total. The second kappa shape index (κ2) is 5.69. The van der Waals surface area contributed by atoms with Gasteiger partial charge in [0, 0.05) is 32.1 Å². The lowest BCUT2D eigenvalue weighted by Crippen LogP contribution is -2.51. The van der Waals surface area contributed by atoms with Crippen LogP contribution in [-0.4, -0.2) is 48.2 Å². The molecule has 0 aromatic carbocycles. The molecule has 100 valence electrons. The molecule has 0 bridgehead atoms. The second-order valence-electron chi connectivity index (χ2n) is 5.65. The van der Waals surface area contributed by atoms with E-state index in [1.165, 1.54) is 0 Å². The topological polar surface area (TPSA) is 23.6 Å². The van der Waals surface area contributed by atoms with Crippen LogP contribution in [0.1, 0.15) is 34.1 Å². The molecule has 2 atom stereocenters. The molecule has 2 amide bonds. The Kier molecular flexibility index (Phi) is 4.78. The zero-order valence-electron chi connectivity index (χ0n) is 11.6. The van der Waals surface area contributed by atoms with Gasteiger partial charge in [-0.3, -0.25) is 0 Å². The molecule has 4 heteroatoms. The SMILES string of the molecule is CC(C)C1CN(C(=O)N(C)C(C)C)CCC1F. The van der Waals surface area contributed by atoms with Gasteiger partial charge in [-0.15, -0.1) is 0 Å². The highest BCUT2D eigenvalue weighted by Crippen LogP contribution is 2.27. The minimum Gasteiger partial charge on any atom is -0.325 e. The smallest absolute Gasteiger partial charge is 0.319 e. The van der Waals surface area contributed by atoms with Crippen molar-refractivity contribution in [3.05, 3.63) is 0 Å². The summed E-state index contributed by atoms with van der Waals surface area (Å²) < 4.78 is 13.7. The summed E-state index contributed by atoms with van der Waals surface area (Å²) in [6, 6.07) is 0.209. The van der Waals surface area contributed by atoms with Gasteiger partial charge >= 0.3 is 6.03 Å². The summed E-state index contributed by atoms with van der Waals surface area (Å²) in [5.74, 6) is 0.262. The molecule has 0 aliphatic carbocycles. The monoisotopic (exact) mass is 244 g/mol. The lowest BCUT2D eigenvalue weighted by Gasteiger charge is -2.39. The molecule has 0 radical (unpaired) electrons. The first-order valence-corrected chi connectivity index (χ1v) is 6.50. The van der Waals surface area contributed by atoms with E-state index in [-0.39, 0.29) is 23.9 Å². The largest absolute Gasteiger partial charge is 0.325 e. The maximum absolute atomic E-state index is 13.7.